The van der Waals surface area contributed by atoms with E-state index in [1.54, 1.807) is 18.2 Å². The van der Waals surface area contributed by atoms with Crippen LogP contribution in [0.5, 0.6) is 11.5 Å². The van der Waals surface area contributed by atoms with Gasteiger partial charge < -0.3 is 19.7 Å². The summed E-state index contributed by atoms with van der Waals surface area (Å²) in [7, 11) is 0. The molecule has 2 aromatic carbocycles. The zero-order valence-corrected chi connectivity index (χ0v) is 15.2. The van der Waals surface area contributed by atoms with Crippen LogP contribution in [0.25, 0.3) is 11.4 Å². The molecular formula is C20H21N3O4. The molecule has 1 heterocycles. The summed E-state index contributed by atoms with van der Waals surface area (Å²) in [5.41, 5.74) is 2.14. The molecule has 0 saturated carbocycles. The summed E-state index contributed by atoms with van der Waals surface area (Å²) in [6, 6.07) is 12.4. The molecule has 0 saturated heterocycles. The molecule has 1 amide bonds. The van der Waals surface area contributed by atoms with Gasteiger partial charge in [-0.15, -0.1) is 0 Å². The molecule has 0 atom stereocenters. The minimum Gasteiger partial charge on any atom is -0.506 e. The molecule has 0 spiro atoms. The number of carbonyl (C=O) groups excluding carboxylic acids is 1. The van der Waals surface area contributed by atoms with Gasteiger partial charge >= 0.3 is 0 Å². The SMILES string of the molecule is CCOc1ccc(-c2noc(CCC(=O)Nc3cc(C)ccc3O)n2)cc1. The number of carbonyl (C=O) groups is 1. The van der Waals surface area contributed by atoms with Gasteiger partial charge in [0.15, 0.2) is 0 Å². The van der Waals surface area contributed by atoms with Gasteiger partial charge in [-0.3, -0.25) is 4.79 Å². The number of rotatable bonds is 7. The molecule has 140 valence electrons. The predicted molar refractivity (Wildman–Crippen MR) is 101 cm³/mol. The quantitative estimate of drug-likeness (QED) is 0.618. The maximum atomic E-state index is 12.1. The molecule has 0 aliphatic rings. The van der Waals surface area contributed by atoms with E-state index in [-0.39, 0.29) is 18.1 Å². The molecule has 7 nitrogen and oxygen atoms in total. The molecule has 3 aromatic rings. The zero-order chi connectivity index (χ0) is 19.2. The van der Waals surface area contributed by atoms with Gasteiger partial charge in [0, 0.05) is 18.4 Å². The van der Waals surface area contributed by atoms with Crippen LogP contribution in [0.15, 0.2) is 47.0 Å². The van der Waals surface area contributed by atoms with Crippen LogP contribution in [0.1, 0.15) is 24.8 Å². The second-order valence-electron chi connectivity index (χ2n) is 6.04. The summed E-state index contributed by atoms with van der Waals surface area (Å²) < 4.78 is 10.6. The van der Waals surface area contributed by atoms with Crippen molar-refractivity contribution in [2.75, 3.05) is 11.9 Å². The molecule has 27 heavy (non-hydrogen) atoms. The number of nitrogens with one attached hydrogen (secondary N) is 1. The molecular weight excluding hydrogens is 346 g/mol. The third-order valence-corrected chi connectivity index (χ3v) is 3.88. The lowest BCUT2D eigenvalue weighted by Crippen LogP contribution is -2.12. The van der Waals surface area contributed by atoms with Gasteiger partial charge in [-0.2, -0.15) is 4.98 Å². The van der Waals surface area contributed by atoms with Crippen LogP contribution in [0.4, 0.5) is 5.69 Å². The third-order valence-electron chi connectivity index (χ3n) is 3.88. The van der Waals surface area contributed by atoms with Gasteiger partial charge in [-0.25, -0.2) is 0 Å². The van der Waals surface area contributed by atoms with E-state index in [2.05, 4.69) is 15.5 Å². The Morgan fingerprint density at radius 1 is 1.22 bits per heavy atom. The fourth-order valence-electron chi connectivity index (χ4n) is 2.52. The van der Waals surface area contributed by atoms with E-state index in [4.69, 9.17) is 9.26 Å². The van der Waals surface area contributed by atoms with Crippen molar-refractivity contribution < 1.29 is 19.2 Å². The van der Waals surface area contributed by atoms with E-state index >= 15 is 0 Å². The van der Waals surface area contributed by atoms with E-state index < -0.39 is 0 Å². The summed E-state index contributed by atoms with van der Waals surface area (Å²) >= 11 is 0. The normalized spacial score (nSPS) is 10.6. The van der Waals surface area contributed by atoms with Crippen LogP contribution in [0.2, 0.25) is 0 Å². The van der Waals surface area contributed by atoms with Gasteiger partial charge in [0.25, 0.3) is 0 Å². The number of hydrogen-bond acceptors (Lipinski definition) is 6. The Bertz CT molecular complexity index is 919. The van der Waals surface area contributed by atoms with E-state index in [1.165, 1.54) is 0 Å². The fourth-order valence-corrected chi connectivity index (χ4v) is 2.52. The molecule has 0 fully saturated rings. The number of aromatic hydroxyl groups is 1. The van der Waals surface area contributed by atoms with Gasteiger partial charge in [0.05, 0.1) is 12.3 Å². The average molecular weight is 367 g/mol. The molecule has 7 heteroatoms. The summed E-state index contributed by atoms with van der Waals surface area (Å²) in [5.74, 6) is 1.41. The van der Waals surface area contributed by atoms with Gasteiger partial charge in [0.1, 0.15) is 11.5 Å². The Morgan fingerprint density at radius 3 is 2.74 bits per heavy atom. The molecule has 0 bridgehead atoms. The lowest BCUT2D eigenvalue weighted by molar-refractivity contribution is -0.116. The number of ether oxygens (including phenoxy) is 1. The molecule has 2 N–H and O–H groups in total. The zero-order valence-electron chi connectivity index (χ0n) is 15.2. The Balaban J connectivity index is 1.57. The van der Waals surface area contributed by atoms with Gasteiger partial charge in [0.2, 0.25) is 17.6 Å². The van der Waals surface area contributed by atoms with Crippen LogP contribution in [-0.2, 0) is 11.2 Å². The standard InChI is InChI=1S/C20H21N3O4/c1-3-26-15-7-5-14(6-8-15)20-22-19(27-23-20)11-10-18(25)21-16-12-13(2)4-9-17(16)24/h4-9,12,24H,3,10-11H2,1-2H3,(H,21,25). The summed E-state index contributed by atoms with van der Waals surface area (Å²) in [4.78, 5) is 16.4. The van der Waals surface area contributed by atoms with Crippen LogP contribution in [-0.4, -0.2) is 27.8 Å². The van der Waals surface area contributed by atoms with Gasteiger partial charge in [-0.05, 0) is 55.8 Å². The molecule has 0 aliphatic carbocycles. The minimum absolute atomic E-state index is 0.0320. The summed E-state index contributed by atoms with van der Waals surface area (Å²) in [6.45, 7) is 4.42. The number of aromatic nitrogens is 2. The van der Waals surface area contributed by atoms with Crippen molar-refractivity contribution in [2.24, 2.45) is 0 Å². The first-order valence-electron chi connectivity index (χ1n) is 8.70. The third kappa shape index (κ3) is 4.84. The number of benzene rings is 2. The molecule has 1 aromatic heterocycles. The molecule has 0 radical (unpaired) electrons. The van der Waals surface area contributed by atoms with E-state index in [1.807, 2.05) is 38.1 Å². The van der Waals surface area contributed by atoms with Crippen molar-refractivity contribution in [1.29, 1.82) is 0 Å². The topological polar surface area (TPSA) is 97.5 Å². The lowest BCUT2D eigenvalue weighted by Gasteiger charge is -2.07. The van der Waals surface area contributed by atoms with Crippen molar-refractivity contribution in [2.45, 2.75) is 26.7 Å². The van der Waals surface area contributed by atoms with E-state index in [9.17, 15) is 9.90 Å². The molecule has 3 rings (SSSR count). The number of phenolic OH excluding ortho intramolecular Hbond substituents is 1. The first-order chi connectivity index (χ1) is 13.0. The fraction of sp³-hybridized carbons (Fsp3) is 0.250. The van der Waals surface area contributed by atoms with Crippen molar-refractivity contribution in [1.82, 2.24) is 10.1 Å². The van der Waals surface area contributed by atoms with Crippen molar-refractivity contribution >= 4 is 11.6 Å². The Morgan fingerprint density at radius 2 is 2.00 bits per heavy atom. The maximum Gasteiger partial charge on any atom is 0.227 e. The van der Waals surface area contributed by atoms with Crippen molar-refractivity contribution in [3.05, 3.63) is 53.9 Å². The second kappa shape index (κ2) is 8.35. The van der Waals surface area contributed by atoms with Crippen LogP contribution in [0.3, 0.4) is 0 Å². The van der Waals surface area contributed by atoms with Gasteiger partial charge in [-0.1, -0.05) is 11.2 Å². The molecule has 0 aliphatic heterocycles. The maximum absolute atomic E-state index is 12.1. The lowest BCUT2D eigenvalue weighted by atomic mass is 10.2. The van der Waals surface area contributed by atoms with E-state index in [0.717, 1.165) is 16.9 Å². The largest absolute Gasteiger partial charge is 0.506 e. The second-order valence-corrected chi connectivity index (χ2v) is 6.04. The van der Waals surface area contributed by atoms with Crippen molar-refractivity contribution in [3.8, 4) is 22.9 Å². The summed E-state index contributed by atoms with van der Waals surface area (Å²) in [6.07, 6.45) is 0.473. The minimum atomic E-state index is -0.239. The van der Waals surface area contributed by atoms with Crippen LogP contribution < -0.4 is 10.1 Å². The Kier molecular flexibility index (Phi) is 5.71. The first-order valence-corrected chi connectivity index (χ1v) is 8.70. The predicted octanol–water partition coefficient (Wildman–Crippen LogP) is 3.72. The monoisotopic (exact) mass is 367 g/mol. The number of anilines is 1. The Hall–Kier alpha value is -3.35. The van der Waals surface area contributed by atoms with Crippen molar-refractivity contribution in [3.63, 3.8) is 0 Å². The Labute approximate surface area is 157 Å². The number of nitrogens with zero attached hydrogens (tertiary/aromatic N) is 2. The van der Waals surface area contributed by atoms with Crippen LogP contribution in [0, 0.1) is 6.92 Å². The molecule has 0 unspecified atom stereocenters. The first kappa shape index (κ1) is 18.4. The van der Waals surface area contributed by atoms with E-state index in [0.29, 0.717) is 30.4 Å². The highest BCUT2D eigenvalue weighted by Gasteiger charge is 2.12. The highest BCUT2D eigenvalue weighted by atomic mass is 16.5. The highest BCUT2D eigenvalue weighted by Crippen LogP contribution is 2.24. The smallest absolute Gasteiger partial charge is 0.227 e. The number of amides is 1. The highest BCUT2D eigenvalue weighted by molar-refractivity contribution is 5.92. The summed E-state index contributed by atoms with van der Waals surface area (Å²) in [5, 5.41) is 16.4. The number of phenols is 1. The number of hydrogen-bond donors (Lipinski definition) is 2. The van der Waals surface area contributed by atoms with Crippen LogP contribution >= 0.6 is 0 Å². The number of aryl methyl sites for hydroxylation is 2. The average Bonchev–Trinajstić information content (AvgIpc) is 3.13.